The fourth-order valence-electron chi connectivity index (χ4n) is 3.27. The molecule has 0 spiro atoms. The molecule has 1 aromatic heterocycles. The molecule has 2 aromatic carbocycles. The van der Waals surface area contributed by atoms with Crippen LogP contribution >= 0.6 is 0 Å². The van der Waals surface area contributed by atoms with Gasteiger partial charge < -0.3 is 14.8 Å². The molecule has 26 heavy (non-hydrogen) atoms. The minimum atomic E-state index is -1.41. The number of hydrogen-bond donors (Lipinski definition) is 2. The van der Waals surface area contributed by atoms with E-state index in [2.05, 4.69) is 5.32 Å². The maximum atomic E-state index is 12.6. The van der Waals surface area contributed by atoms with Crippen LogP contribution in [0.15, 0.2) is 69.9 Å². The van der Waals surface area contributed by atoms with Crippen molar-refractivity contribution in [1.82, 2.24) is 5.32 Å². The minimum absolute atomic E-state index is 0.206. The van der Waals surface area contributed by atoms with Gasteiger partial charge in [-0.2, -0.15) is 0 Å². The molecule has 1 fully saturated rings. The maximum absolute atomic E-state index is 12.6. The molecule has 0 bridgehead atoms. The average molecular weight is 349 g/mol. The van der Waals surface area contributed by atoms with Gasteiger partial charge in [0, 0.05) is 11.3 Å². The first-order chi connectivity index (χ1) is 12.5. The summed E-state index contributed by atoms with van der Waals surface area (Å²) in [4.78, 5) is 36.6. The Morgan fingerprint density at radius 1 is 1.08 bits per heavy atom. The molecule has 1 amide bonds. The average Bonchev–Trinajstić information content (AvgIpc) is 3.37. The molecule has 2 atom stereocenters. The monoisotopic (exact) mass is 349 g/mol. The smallest absolute Gasteiger partial charge is 0.349 e. The molecule has 1 aliphatic rings. The number of benzene rings is 2. The van der Waals surface area contributed by atoms with Crippen LogP contribution < -0.4 is 10.9 Å². The van der Waals surface area contributed by atoms with Gasteiger partial charge in [-0.3, -0.25) is 4.79 Å². The van der Waals surface area contributed by atoms with Crippen LogP contribution in [0.3, 0.4) is 0 Å². The highest BCUT2D eigenvalue weighted by Crippen LogP contribution is 2.51. The van der Waals surface area contributed by atoms with Gasteiger partial charge in [-0.05, 0) is 24.1 Å². The standard InChI is InChI=1S/C20H15NO5/c22-17(14-10-13-8-4-5-9-16(13)26-18(14)23)21-20(19(24)25)11-15(20)12-6-2-1-3-7-12/h1-10,15H,11H2,(H,21,22)(H,24,25). The minimum Gasteiger partial charge on any atom is -0.479 e. The van der Waals surface area contributed by atoms with Crippen LogP contribution in [0, 0.1) is 0 Å². The zero-order chi connectivity index (χ0) is 18.3. The summed E-state index contributed by atoms with van der Waals surface area (Å²) >= 11 is 0. The number of carbonyl (C=O) groups is 2. The van der Waals surface area contributed by atoms with Crippen molar-refractivity contribution in [2.45, 2.75) is 17.9 Å². The molecule has 0 radical (unpaired) electrons. The van der Waals surface area contributed by atoms with Crippen molar-refractivity contribution in [3.63, 3.8) is 0 Å². The van der Waals surface area contributed by atoms with Gasteiger partial charge >= 0.3 is 11.6 Å². The highest BCUT2D eigenvalue weighted by atomic mass is 16.4. The molecule has 2 unspecified atom stereocenters. The number of carboxylic acids is 1. The summed E-state index contributed by atoms with van der Waals surface area (Å²) in [7, 11) is 0. The highest BCUT2D eigenvalue weighted by Gasteiger charge is 2.62. The van der Waals surface area contributed by atoms with Crippen molar-refractivity contribution in [3.05, 3.63) is 82.2 Å². The van der Waals surface area contributed by atoms with Crippen LogP contribution in [0.4, 0.5) is 0 Å². The highest BCUT2D eigenvalue weighted by molar-refractivity contribution is 6.01. The molecule has 0 saturated heterocycles. The number of aliphatic carboxylic acids is 1. The molecule has 4 rings (SSSR count). The largest absolute Gasteiger partial charge is 0.479 e. The zero-order valence-corrected chi connectivity index (χ0v) is 13.6. The van der Waals surface area contributed by atoms with Crippen LogP contribution in [-0.4, -0.2) is 22.5 Å². The molecule has 0 aliphatic heterocycles. The Bertz CT molecular complexity index is 1070. The summed E-state index contributed by atoms with van der Waals surface area (Å²) in [6, 6.07) is 17.4. The summed E-state index contributed by atoms with van der Waals surface area (Å²) in [5.41, 5.74) is -1.20. The number of nitrogens with one attached hydrogen (secondary N) is 1. The Kier molecular flexibility index (Phi) is 3.61. The third-order valence-electron chi connectivity index (χ3n) is 4.77. The molecule has 3 aromatic rings. The second-order valence-corrected chi connectivity index (χ2v) is 6.38. The number of hydrogen-bond acceptors (Lipinski definition) is 4. The first kappa shape index (κ1) is 16.1. The van der Waals surface area contributed by atoms with Gasteiger partial charge in [0.1, 0.15) is 16.7 Å². The van der Waals surface area contributed by atoms with Crippen molar-refractivity contribution < 1.29 is 19.1 Å². The van der Waals surface area contributed by atoms with E-state index in [-0.39, 0.29) is 17.9 Å². The maximum Gasteiger partial charge on any atom is 0.349 e. The lowest BCUT2D eigenvalue weighted by atomic mass is 10.1. The summed E-state index contributed by atoms with van der Waals surface area (Å²) in [5, 5.41) is 12.8. The van der Waals surface area contributed by atoms with Crippen LogP contribution in [-0.2, 0) is 4.79 Å². The molecule has 2 N–H and O–H groups in total. The van der Waals surface area contributed by atoms with Gasteiger partial charge in [0.05, 0.1) is 0 Å². The number of carboxylic acid groups (broad SMARTS) is 1. The van der Waals surface area contributed by atoms with E-state index in [1.807, 2.05) is 30.3 Å². The van der Waals surface area contributed by atoms with E-state index >= 15 is 0 Å². The first-order valence-corrected chi connectivity index (χ1v) is 8.15. The predicted octanol–water partition coefficient (Wildman–Crippen LogP) is 2.53. The second-order valence-electron chi connectivity index (χ2n) is 6.38. The Morgan fingerprint density at radius 3 is 2.50 bits per heavy atom. The quantitative estimate of drug-likeness (QED) is 0.706. The van der Waals surface area contributed by atoms with Gasteiger partial charge in [0.25, 0.3) is 5.91 Å². The van der Waals surface area contributed by atoms with Crippen molar-refractivity contribution in [2.24, 2.45) is 0 Å². The van der Waals surface area contributed by atoms with Gasteiger partial charge in [-0.15, -0.1) is 0 Å². The van der Waals surface area contributed by atoms with E-state index in [0.29, 0.717) is 11.0 Å². The van der Waals surface area contributed by atoms with Crippen LogP contribution in [0.2, 0.25) is 0 Å². The zero-order valence-electron chi connectivity index (χ0n) is 13.6. The number of carbonyl (C=O) groups excluding carboxylic acids is 1. The van der Waals surface area contributed by atoms with Crippen LogP contribution in [0.5, 0.6) is 0 Å². The molecular formula is C20H15NO5. The molecule has 6 nitrogen and oxygen atoms in total. The molecule has 1 heterocycles. The SMILES string of the molecule is O=C(NC1(C(=O)O)CC1c1ccccc1)c1cc2ccccc2oc1=O. The number of fused-ring (bicyclic) bond motifs is 1. The molecule has 6 heteroatoms. The van der Waals surface area contributed by atoms with E-state index in [1.165, 1.54) is 6.07 Å². The van der Waals surface area contributed by atoms with Crippen molar-refractivity contribution in [2.75, 3.05) is 0 Å². The predicted molar refractivity (Wildman–Crippen MR) is 94.1 cm³/mol. The van der Waals surface area contributed by atoms with Gasteiger partial charge in [0.2, 0.25) is 0 Å². The van der Waals surface area contributed by atoms with Crippen molar-refractivity contribution in [1.29, 1.82) is 0 Å². The summed E-state index contributed by atoms with van der Waals surface area (Å²) in [6.07, 6.45) is 0.275. The van der Waals surface area contributed by atoms with E-state index in [1.54, 1.807) is 24.3 Å². The van der Waals surface area contributed by atoms with Gasteiger partial charge in [-0.25, -0.2) is 9.59 Å². The van der Waals surface area contributed by atoms with Crippen molar-refractivity contribution in [3.8, 4) is 0 Å². The molecular weight excluding hydrogens is 334 g/mol. The summed E-state index contributed by atoms with van der Waals surface area (Å²) < 4.78 is 5.16. The lowest BCUT2D eigenvalue weighted by Crippen LogP contribution is -2.45. The van der Waals surface area contributed by atoms with Crippen molar-refractivity contribution >= 4 is 22.8 Å². The Hall–Kier alpha value is -3.41. The Labute approximate surface area is 148 Å². The summed E-state index contributed by atoms with van der Waals surface area (Å²) in [6.45, 7) is 0. The third kappa shape index (κ3) is 2.56. The van der Waals surface area contributed by atoms with Gasteiger partial charge in [0.15, 0.2) is 0 Å². The van der Waals surface area contributed by atoms with E-state index in [4.69, 9.17) is 4.42 Å². The fraction of sp³-hybridized carbons (Fsp3) is 0.150. The van der Waals surface area contributed by atoms with Gasteiger partial charge in [-0.1, -0.05) is 48.5 Å². The third-order valence-corrected chi connectivity index (χ3v) is 4.77. The Balaban J connectivity index is 1.66. The number of para-hydroxylation sites is 1. The van der Waals surface area contributed by atoms with E-state index < -0.39 is 23.0 Å². The van der Waals surface area contributed by atoms with E-state index in [9.17, 15) is 19.5 Å². The summed E-state index contributed by atoms with van der Waals surface area (Å²) in [5.74, 6) is -2.20. The first-order valence-electron chi connectivity index (χ1n) is 8.15. The Morgan fingerprint density at radius 2 is 1.77 bits per heavy atom. The second kappa shape index (κ2) is 5.84. The van der Waals surface area contributed by atoms with E-state index in [0.717, 1.165) is 5.56 Å². The molecule has 1 aliphatic carbocycles. The number of amides is 1. The molecule has 130 valence electrons. The van der Waals surface area contributed by atoms with Crippen LogP contribution in [0.25, 0.3) is 11.0 Å². The lowest BCUT2D eigenvalue weighted by Gasteiger charge is -2.15. The number of rotatable bonds is 4. The van der Waals surface area contributed by atoms with Crippen LogP contribution in [0.1, 0.15) is 28.3 Å². The fourth-order valence-corrected chi connectivity index (χ4v) is 3.27. The normalized spacial score (nSPS) is 21.3. The topological polar surface area (TPSA) is 96.6 Å². The molecule has 1 saturated carbocycles. The lowest BCUT2D eigenvalue weighted by molar-refractivity contribution is -0.140.